The van der Waals surface area contributed by atoms with Crippen LogP contribution in [0.5, 0.6) is 0 Å². The SMILES string of the molecule is CC(N)C1CCCCN1CC1CCCC1.Cl. The Labute approximate surface area is 106 Å². The van der Waals surface area contributed by atoms with Gasteiger partial charge < -0.3 is 5.73 Å². The topological polar surface area (TPSA) is 29.3 Å². The van der Waals surface area contributed by atoms with Gasteiger partial charge in [0.05, 0.1) is 0 Å². The van der Waals surface area contributed by atoms with Crippen LogP contribution in [0.25, 0.3) is 0 Å². The van der Waals surface area contributed by atoms with E-state index < -0.39 is 0 Å². The summed E-state index contributed by atoms with van der Waals surface area (Å²) in [5.74, 6) is 0.976. The summed E-state index contributed by atoms with van der Waals surface area (Å²) in [6.07, 6.45) is 9.93. The molecule has 1 aliphatic carbocycles. The molecule has 2 N–H and O–H groups in total. The number of hydrogen-bond acceptors (Lipinski definition) is 2. The van der Waals surface area contributed by atoms with E-state index in [2.05, 4.69) is 11.8 Å². The molecule has 96 valence electrons. The Balaban J connectivity index is 0.00000128. The van der Waals surface area contributed by atoms with E-state index in [1.807, 2.05) is 0 Å². The standard InChI is InChI=1S/C13H26N2.ClH/c1-11(14)13-8-4-5-9-15(13)10-12-6-2-3-7-12;/h11-13H,2-10,14H2,1H3;1H. The Bertz CT molecular complexity index is 190. The molecule has 0 aromatic heterocycles. The van der Waals surface area contributed by atoms with Gasteiger partial charge in [0.1, 0.15) is 0 Å². The molecule has 3 heteroatoms. The van der Waals surface area contributed by atoms with Crippen LogP contribution in [0.1, 0.15) is 51.9 Å². The van der Waals surface area contributed by atoms with Gasteiger partial charge >= 0.3 is 0 Å². The maximum atomic E-state index is 6.09. The van der Waals surface area contributed by atoms with Crippen LogP contribution in [-0.2, 0) is 0 Å². The summed E-state index contributed by atoms with van der Waals surface area (Å²) < 4.78 is 0. The molecule has 2 nitrogen and oxygen atoms in total. The van der Waals surface area contributed by atoms with Crippen molar-refractivity contribution in [2.24, 2.45) is 11.7 Å². The lowest BCUT2D eigenvalue weighted by Gasteiger charge is -2.39. The Kier molecular flexibility index (Phi) is 6.09. The van der Waals surface area contributed by atoms with E-state index in [-0.39, 0.29) is 12.4 Å². The summed E-state index contributed by atoms with van der Waals surface area (Å²) in [6, 6.07) is 1.02. The Morgan fingerprint density at radius 2 is 1.75 bits per heavy atom. The first-order valence-corrected chi connectivity index (χ1v) is 6.77. The molecule has 16 heavy (non-hydrogen) atoms. The minimum Gasteiger partial charge on any atom is -0.327 e. The van der Waals surface area contributed by atoms with Crippen LogP contribution < -0.4 is 5.73 Å². The van der Waals surface area contributed by atoms with Crippen LogP contribution in [-0.4, -0.2) is 30.1 Å². The molecule has 0 aromatic carbocycles. The van der Waals surface area contributed by atoms with E-state index in [4.69, 9.17) is 5.73 Å². The second kappa shape index (κ2) is 6.83. The molecule has 0 spiro atoms. The van der Waals surface area contributed by atoms with Crippen molar-refractivity contribution in [3.05, 3.63) is 0 Å². The van der Waals surface area contributed by atoms with Crippen LogP contribution in [0.2, 0.25) is 0 Å². The van der Waals surface area contributed by atoms with Gasteiger partial charge in [-0.25, -0.2) is 0 Å². The van der Waals surface area contributed by atoms with E-state index in [1.165, 1.54) is 58.0 Å². The number of likely N-dealkylation sites (tertiary alicyclic amines) is 1. The van der Waals surface area contributed by atoms with Gasteiger partial charge in [-0.2, -0.15) is 0 Å². The molecule has 2 unspecified atom stereocenters. The van der Waals surface area contributed by atoms with Gasteiger partial charge in [-0.1, -0.05) is 19.3 Å². The smallest absolute Gasteiger partial charge is 0.0244 e. The van der Waals surface area contributed by atoms with E-state index in [0.717, 1.165) is 5.92 Å². The normalized spacial score (nSPS) is 30.0. The van der Waals surface area contributed by atoms with Crippen molar-refractivity contribution in [1.29, 1.82) is 0 Å². The van der Waals surface area contributed by atoms with Crippen LogP contribution in [0.4, 0.5) is 0 Å². The van der Waals surface area contributed by atoms with Crippen molar-refractivity contribution >= 4 is 12.4 Å². The molecule has 0 radical (unpaired) electrons. The average Bonchev–Trinajstić information content (AvgIpc) is 2.71. The summed E-state index contributed by atoms with van der Waals surface area (Å²) >= 11 is 0. The first-order chi connectivity index (χ1) is 7.27. The fraction of sp³-hybridized carbons (Fsp3) is 1.00. The minimum absolute atomic E-state index is 0. The summed E-state index contributed by atoms with van der Waals surface area (Å²) in [6.45, 7) is 4.80. The highest BCUT2D eigenvalue weighted by Gasteiger charge is 2.28. The van der Waals surface area contributed by atoms with Crippen molar-refractivity contribution < 1.29 is 0 Å². The molecule has 2 atom stereocenters. The third kappa shape index (κ3) is 3.61. The highest BCUT2D eigenvalue weighted by atomic mass is 35.5. The van der Waals surface area contributed by atoms with E-state index in [0.29, 0.717) is 12.1 Å². The fourth-order valence-corrected chi connectivity index (χ4v) is 3.36. The summed E-state index contributed by atoms with van der Waals surface area (Å²) in [4.78, 5) is 2.68. The maximum Gasteiger partial charge on any atom is 0.0244 e. The van der Waals surface area contributed by atoms with E-state index >= 15 is 0 Å². The van der Waals surface area contributed by atoms with Crippen molar-refractivity contribution in [2.45, 2.75) is 64.0 Å². The second-order valence-electron chi connectivity index (χ2n) is 5.57. The Morgan fingerprint density at radius 3 is 2.38 bits per heavy atom. The molecule has 1 saturated heterocycles. The van der Waals surface area contributed by atoms with Gasteiger partial charge in [-0.15, -0.1) is 12.4 Å². The number of nitrogens with zero attached hydrogens (tertiary/aromatic N) is 1. The summed E-state index contributed by atoms with van der Waals surface area (Å²) in [5, 5.41) is 0. The number of piperidine rings is 1. The third-order valence-corrected chi connectivity index (χ3v) is 4.24. The van der Waals surface area contributed by atoms with Crippen LogP contribution in [0.3, 0.4) is 0 Å². The van der Waals surface area contributed by atoms with Crippen LogP contribution >= 0.6 is 12.4 Å². The van der Waals surface area contributed by atoms with Gasteiger partial charge in [0.15, 0.2) is 0 Å². The fourth-order valence-electron chi connectivity index (χ4n) is 3.36. The molecular formula is C13H27ClN2. The predicted molar refractivity (Wildman–Crippen MR) is 72.1 cm³/mol. The first kappa shape index (κ1) is 14.3. The van der Waals surface area contributed by atoms with E-state index in [1.54, 1.807) is 0 Å². The van der Waals surface area contributed by atoms with Gasteiger partial charge in [-0.3, -0.25) is 4.90 Å². The maximum absolute atomic E-state index is 6.09. The van der Waals surface area contributed by atoms with Gasteiger partial charge in [-0.05, 0) is 45.1 Å². The lowest BCUT2D eigenvalue weighted by atomic mass is 9.95. The summed E-state index contributed by atoms with van der Waals surface area (Å²) in [7, 11) is 0. The lowest BCUT2D eigenvalue weighted by Crippen LogP contribution is -2.50. The zero-order valence-electron chi connectivity index (χ0n) is 10.5. The molecule has 1 aliphatic heterocycles. The molecule has 2 rings (SSSR count). The molecule has 0 amide bonds. The van der Waals surface area contributed by atoms with Crippen molar-refractivity contribution in [3.8, 4) is 0 Å². The highest BCUT2D eigenvalue weighted by Crippen LogP contribution is 2.28. The van der Waals surface area contributed by atoms with Crippen molar-refractivity contribution in [2.75, 3.05) is 13.1 Å². The molecule has 0 bridgehead atoms. The van der Waals surface area contributed by atoms with Crippen molar-refractivity contribution in [1.82, 2.24) is 4.90 Å². The lowest BCUT2D eigenvalue weighted by molar-refractivity contribution is 0.111. The average molecular weight is 247 g/mol. The third-order valence-electron chi connectivity index (χ3n) is 4.24. The molecule has 2 fully saturated rings. The summed E-state index contributed by atoms with van der Waals surface area (Å²) in [5.41, 5.74) is 6.09. The highest BCUT2D eigenvalue weighted by molar-refractivity contribution is 5.85. The molecule has 0 aromatic rings. The zero-order chi connectivity index (χ0) is 10.7. The van der Waals surface area contributed by atoms with Gasteiger partial charge in [0.25, 0.3) is 0 Å². The largest absolute Gasteiger partial charge is 0.327 e. The Hall–Kier alpha value is 0.210. The Morgan fingerprint density at radius 1 is 1.12 bits per heavy atom. The van der Waals surface area contributed by atoms with Gasteiger partial charge in [0, 0.05) is 18.6 Å². The number of halogens is 1. The van der Waals surface area contributed by atoms with E-state index in [9.17, 15) is 0 Å². The number of nitrogens with two attached hydrogens (primary N) is 1. The van der Waals surface area contributed by atoms with Crippen LogP contribution in [0.15, 0.2) is 0 Å². The molecule has 1 saturated carbocycles. The van der Waals surface area contributed by atoms with Gasteiger partial charge in [0.2, 0.25) is 0 Å². The molecular weight excluding hydrogens is 220 g/mol. The number of hydrogen-bond donors (Lipinski definition) is 1. The first-order valence-electron chi connectivity index (χ1n) is 6.77. The predicted octanol–water partition coefficient (Wildman–Crippen LogP) is 2.80. The monoisotopic (exact) mass is 246 g/mol. The zero-order valence-corrected chi connectivity index (χ0v) is 11.3. The quantitative estimate of drug-likeness (QED) is 0.830. The van der Waals surface area contributed by atoms with Crippen LogP contribution in [0, 0.1) is 5.92 Å². The minimum atomic E-state index is 0. The van der Waals surface area contributed by atoms with Crippen molar-refractivity contribution in [3.63, 3.8) is 0 Å². The second-order valence-corrected chi connectivity index (χ2v) is 5.57. The molecule has 1 heterocycles. The molecule has 2 aliphatic rings. The number of rotatable bonds is 3.